The first-order valence-electron chi connectivity index (χ1n) is 11.6. The van der Waals surface area contributed by atoms with Crippen LogP contribution in [0.1, 0.15) is 15.9 Å². The number of nitrogens with one attached hydrogen (secondary N) is 2. The zero-order valence-corrected chi connectivity index (χ0v) is 23.6. The van der Waals surface area contributed by atoms with Crippen molar-refractivity contribution in [3.8, 4) is 5.69 Å². The Balaban J connectivity index is 1.73. The van der Waals surface area contributed by atoms with Crippen LogP contribution >= 0.6 is 22.6 Å². The zero-order chi connectivity index (χ0) is 28.2. The molecule has 0 aliphatic carbocycles. The average Bonchev–Trinajstić information content (AvgIpc) is 3.25. The molecule has 2 N–H and O–H groups in total. The van der Waals surface area contributed by atoms with Gasteiger partial charge in [0.05, 0.1) is 22.6 Å². The Labute approximate surface area is 233 Å². The van der Waals surface area contributed by atoms with Crippen LogP contribution in [0, 0.1) is 16.3 Å². The molecule has 0 radical (unpaired) electrons. The molecule has 0 atom stereocenters. The van der Waals surface area contributed by atoms with Gasteiger partial charge in [-0.25, -0.2) is 17.6 Å². The van der Waals surface area contributed by atoms with E-state index in [1.54, 1.807) is 6.07 Å². The highest BCUT2D eigenvalue weighted by molar-refractivity contribution is 14.1. The number of carbonyl (C=O) groups excluding carboxylic acids is 1. The quantitative estimate of drug-likeness (QED) is 0.318. The lowest BCUT2D eigenvalue weighted by Gasteiger charge is -2.19. The van der Waals surface area contributed by atoms with Gasteiger partial charge < -0.3 is 10.2 Å². The van der Waals surface area contributed by atoms with Gasteiger partial charge in [-0.15, -0.1) is 0 Å². The Kier molecular flexibility index (Phi) is 6.70. The molecular formula is C25H21FIN5O6S. The van der Waals surface area contributed by atoms with Gasteiger partial charge in [0.1, 0.15) is 22.9 Å². The molecule has 14 heteroatoms. The van der Waals surface area contributed by atoms with Crippen LogP contribution in [0.25, 0.3) is 16.6 Å². The van der Waals surface area contributed by atoms with Crippen molar-refractivity contribution < 1.29 is 17.6 Å². The number of nitrogens with zero attached hydrogens (tertiary/aromatic N) is 3. The number of halogens is 2. The number of sulfone groups is 1. The first-order chi connectivity index (χ1) is 18.4. The van der Waals surface area contributed by atoms with E-state index < -0.39 is 44.2 Å². The molecule has 5 rings (SSSR count). The Morgan fingerprint density at radius 1 is 1.13 bits per heavy atom. The minimum Gasteiger partial charge on any atom is -0.338 e. The maximum absolute atomic E-state index is 14.7. The molecule has 0 unspecified atom stereocenters. The third-order valence-electron chi connectivity index (χ3n) is 6.51. The fourth-order valence-electron chi connectivity index (χ4n) is 4.58. The van der Waals surface area contributed by atoms with Crippen LogP contribution in [0.5, 0.6) is 0 Å². The number of fused-ring (bicyclic) bond motifs is 1. The standard InChI is InChI=1S/C25H21FIN5O6S/c1-13-20-19(21(30(2)23(13)34)28-18-7-6-15(27)11-17(18)26)22(33)29-25(36)32(20)16-5-3-4-14(10-16)24(35)31-8-9-39(37,38)12-31/h3-7,10-11,28H,8-9,12H2,1-2H3,(H,29,33,36). The number of hydrogen-bond donors (Lipinski definition) is 2. The minimum atomic E-state index is -3.36. The molecule has 202 valence electrons. The highest BCUT2D eigenvalue weighted by Gasteiger charge is 2.30. The van der Waals surface area contributed by atoms with Crippen molar-refractivity contribution >= 4 is 60.7 Å². The number of H-pyrrole nitrogens is 1. The number of aromatic nitrogens is 3. The summed E-state index contributed by atoms with van der Waals surface area (Å²) in [5.74, 6) is -1.73. The predicted octanol–water partition coefficient (Wildman–Crippen LogP) is 2.00. The summed E-state index contributed by atoms with van der Waals surface area (Å²) in [6.45, 7) is 1.51. The van der Waals surface area contributed by atoms with Gasteiger partial charge >= 0.3 is 5.69 Å². The SMILES string of the molecule is Cc1c(=O)n(C)c(Nc2ccc(I)cc2F)c2c(=O)[nH]c(=O)n(-c3cccc(C(=O)N4CCS(=O)(=O)C4)c3)c12. The van der Waals surface area contributed by atoms with Crippen LogP contribution in [0.15, 0.2) is 56.8 Å². The van der Waals surface area contributed by atoms with E-state index in [0.29, 0.717) is 3.57 Å². The van der Waals surface area contributed by atoms with E-state index in [1.165, 1.54) is 55.3 Å². The second kappa shape index (κ2) is 9.75. The normalized spacial score (nSPS) is 14.6. The molecule has 11 nitrogen and oxygen atoms in total. The first-order valence-corrected chi connectivity index (χ1v) is 14.5. The van der Waals surface area contributed by atoms with Gasteiger partial charge in [0.2, 0.25) is 0 Å². The monoisotopic (exact) mass is 665 g/mol. The summed E-state index contributed by atoms with van der Waals surface area (Å²) < 4.78 is 41.3. The van der Waals surface area contributed by atoms with Crippen LogP contribution in [0.3, 0.4) is 0 Å². The van der Waals surface area contributed by atoms with E-state index in [0.717, 1.165) is 9.13 Å². The zero-order valence-electron chi connectivity index (χ0n) is 20.6. The number of benzene rings is 2. The lowest BCUT2D eigenvalue weighted by molar-refractivity contribution is 0.0801. The number of pyridine rings is 1. The summed E-state index contributed by atoms with van der Waals surface area (Å²) in [6, 6.07) is 10.3. The van der Waals surface area contributed by atoms with Gasteiger partial charge in [-0.05, 0) is 65.9 Å². The van der Waals surface area contributed by atoms with E-state index >= 15 is 0 Å². The highest BCUT2D eigenvalue weighted by Crippen LogP contribution is 2.27. The van der Waals surface area contributed by atoms with Crippen molar-refractivity contribution in [3.63, 3.8) is 0 Å². The van der Waals surface area contributed by atoms with Crippen molar-refractivity contribution in [2.45, 2.75) is 6.92 Å². The summed E-state index contributed by atoms with van der Waals surface area (Å²) in [5.41, 5.74) is -1.84. The lowest BCUT2D eigenvalue weighted by atomic mass is 10.1. The van der Waals surface area contributed by atoms with Crippen LogP contribution < -0.4 is 22.1 Å². The summed E-state index contributed by atoms with van der Waals surface area (Å²) in [5, 5.41) is 2.75. The number of hydrogen-bond acceptors (Lipinski definition) is 7. The van der Waals surface area contributed by atoms with Crippen molar-refractivity contribution in [3.05, 3.63) is 94.2 Å². The van der Waals surface area contributed by atoms with Crippen molar-refractivity contribution in [1.29, 1.82) is 0 Å². The molecule has 3 heterocycles. The maximum Gasteiger partial charge on any atom is 0.333 e. The molecule has 1 amide bonds. The second-order valence-electron chi connectivity index (χ2n) is 9.10. The topological polar surface area (TPSA) is 143 Å². The molecule has 0 spiro atoms. The number of amides is 1. The number of aryl methyl sites for hydroxylation is 1. The summed E-state index contributed by atoms with van der Waals surface area (Å²) in [6.07, 6.45) is 0. The summed E-state index contributed by atoms with van der Waals surface area (Å²) >= 11 is 1.95. The van der Waals surface area contributed by atoms with Crippen LogP contribution in [-0.4, -0.2) is 51.5 Å². The van der Waals surface area contributed by atoms with Gasteiger partial charge in [0.15, 0.2) is 9.84 Å². The highest BCUT2D eigenvalue weighted by atomic mass is 127. The third-order valence-corrected chi connectivity index (χ3v) is 8.69. The van der Waals surface area contributed by atoms with Gasteiger partial charge in [-0.1, -0.05) is 6.07 Å². The van der Waals surface area contributed by atoms with Gasteiger partial charge in [-0.3, -0.25) is 28.5 Å². The number of rotatable bonds is 4. The average molecular weight is 665 g/mol. The molecule has 2 aromatic carbocycles. The van der Waals surface area contributed by atoms with Crippen LogP contribution in [0.4, 0.5) is 15.9 Å². The first kappa shape index (κ1) is 26.8. The molecule has 1 saturated heterocycles. The van der Waals surface area contributed by atoms with Crippen molar-refractivity contribution in [2.24, 2.45) is 7.05 Å². The van der Waals surface area contributed by atoms with Crippen molar-refractivity contribution in [1.82, 2.24) is 19.0 Å². The molecule has 1 aliphatic heterocycles. The fraction of sp³-hybridized carbons (Fsp3) is 0.200. The van der Waals surface area contributed by atoms with E-state index in [9.17, 15) is 32.0 Å². The molecule has 4 aromatic rings. The minimum absolute atomic E-state index is 0.0147. The number of anilines is 2. The number of carbonyl (C=O) groups is 1. The van der Waals surface area contributed by atoms with Gasteiger partial charge in [-0.2, -0.15) is 0 Å². The Morgan fingerprint density at radius 2 is 1.87 bits per heavy atom. The molecule has 39 heavy (non-hydrogen) atoms. The van der Waals surface area contributed by atoms with E-state index in [4.69, 9.17) is 0 Å². The lowest BCUT2D eigenvalue weighted by Crippen LogP contribution is -2.34. The maximum atomic E-state index is 14.7. The van der Waals surface area contributed by atoms with E-state index in [2.05, 4.69) is 10.3 Å². The van der Waals surface area contributed by atoms with E-state index in [1.807, 2.05) is 22.6 Å². The Hall–Kier alpha value is -3.79. The Bertz CT molecular complexity index is 1980. The van der Waals surface area contributed by atoms with E-state index in [-0.39, 0.29) is 51.5 Å². The molecule has 0 bridgehead atoms. The van der Waals surface area contributed by atoms with Crippen LogP contribution in [0.2, 0.25) is 0 Å². The summed E-state index contributed by atoms with van der Waals surface area (Å²) in [7, 11) is -1.95. The summed E-state index contributed by atoms with van der Waals surface area (Å²) in [4.78, 5) is 55.9. The van der Waals surface area contributed by atoms with Gasteiger partial charge in [0.25, 0.3) is 17.0 Å². The molecule has 2 aromatic heterocycles. The second-order valence-corrected chi connectivity index (χ2v) is 12.5. The molecule has 1 fully saturated rings. The Morgan fingerprint density at radius 3 is 2.54 bits per heavy atom. The predicted molar refractivity (Wildman–Crippen MR) is 152 cm³/mol. The smallest absolute Gasteiger partial charge is 0.333 e. The number of aromatic amines is 1. The van der Waals surface area contributed by atoms with Gasteiger partial charge in [0, 0.05) is 28.3 Å². The largest absolute Gasteiger partial charge is 0.338 e. The molecule has 0 saturated carbocycles. The molecule has 1 aliphatic rings. The fourth-order valence-corrected chi connectivity index (χ4v) is 6.38. The van der Waals surface area contributed by atoms with Crippen molar-refractivity contribution in [2.75, 3.05) is 23.5 Å². The third kappa shape index (κ3) is 4.78. The molecular weight excluding hydrogens is 644 g/mol. The van der Waals surface area contributed by atoms with Crippen LogP contribution in [-0.2, 0) is 16.9 Å².